The number of carbonyl (C=O) groups is 1. The normalized spacial score (nSPS) is 11.6. The number of ether oxygens (including phenoxy) is 1. The molecule has 172 valence electrons. The summed E-state index contributed by atoms with van der Waals surface area (Å²) in [6.45, 7) is 5.97. The minimum absolute atomic E-state index is 0.105. The van der Waals surface area contributed by atoms with E-state index in [0.717, 1.165) is 22.6 Å². The van der Waals surface area contributed by atoms with E-state index in [4.69, 9.17) is 21.3 Å². The lowest BCUT2D eigenvalue weighted by Gasteiger charge is -2.12. The molecule has 0 bridgehead atoms. The standard InChI is InChI=1S/C28H26ClN3O2/c1-4-25(20-13-15-21(16-14-20)34-18(2)3)31-32-28(33)23-17-26(19-9-6-5-7-10-19)30-27-22(23)11-8-12-24(27)29/h5-18H,4H2,1-3H3,(H,32,33). The van der Waals surface area contributed by atoms with Gasteiger partial charge in [-0.2, -0.15) is 5.10 Å². The monoisotopic (exact) mass is 471 g/mol. The van der Waals surface area contributed by atoms with Gasteiger partial charge in [-0.25, -0.2) is 10.4 Å². The minimum Gasteiger partial charge on any atom is -0.491 e. The van der Waals surface area contributed by atoms with Crippen molar-refractivity contribution in [3.05, 3.63) is 95.0 Å². The molecule has 1 N–H and O–H groups in total. The molecule has 4 aromatic rings. The molecule has 0 atom stereocenters. The number of fused-ring (bicyclic) bond motifs is 1. The number of benzene rings is 3. The van der Waals surface area contributed by atoms with Crippen LogP contribution in [0.3, 0.4) is 0 Å². The first-order chi connectivity index (χ1) is 16.5. The van der Waals surface area contributed by atoms with E-state index in [2.05, 4.69) is 10.5 Å². The van der Waals surface area contributed by atoms with Crippen LogP contribution in [0.5, 0.6) is 5.75 Å². The molecule has 3 aromatic carbocycles. The van der Waals surface area contributed by atoms with Crippen LogP contribution in [0.1, 0.15) is 43.1 Å². The van der Waals surface area contributed by atoms with E-state index in [0.29, 0.717) is 33.6 Å². The fraction of sp³-hybridized carbons (Fsp3) is 0.179. The third kappa shape index (κ3) is 5.26. The van der Waals surface area contributed by atoms with Crippen molar-refractivity contribution < 1.29 is 9.53 Å². The Morgan fingerprint density at radius 2 is 1.76 bits per heavy atom. The Balaban J connectivity index is 1.67. The Bertz CT molecular complexity index is 1330. The topological polar surface area (TPSA) is 63.6 Å². The zero-order valence-electron chi connectivity index (χ0n) is 19.4. The fourth-order valence-corrected chi connectivity index (χ4v) is 3.90. The van der Waals surface area contributed by atoms with E-state index in [1.807, 2.05) is 87.5 Å². The van der Waals surface area contributed by atoms with Crippen LogP contribution in [0.15, 0.2) is 84.0 Å². The lowest BCUT2D eigenvalue weighted by Crippen LogP contribution is -2.20. The molecule has 1 amide bonds. The van der Waals surface area contributed by atoms with Crippen molar-refractivity contribution in [1.29, 1.82) is 0 Å². The highest BCUT2D eigenvalue weighted by Gasteiger charge is 2.16. The predicted octanol–water partition coefficient (Wildman–Crippen LogP) is 6.89. The summed E-state index contributed by atoms with van der Waals surface area (Å²) in [4.78, 5) is 18.0. The maximum absolute atomic E-state index is 13.3. The highest BCUT2D eigenvalue weighted by molar-refractivity contribution is 6.35. The molecule has 0 spiro atoms. The van der Waals surface area contributed by atoms with Crippen LogP contribution >= 0.6 is 11.6 Å². The van der Waals surface area contributed by atoms with Crippen molar-refractivity contribution in [1.82, 2.24) is 10.4 Å². The zero-order valence-corrected chi connectivity index (χ0v) is 20.1. The summed E-state index contributed by atoms with van der Waals surface area (Å²) in [5.74, 6) is 0.476. The highest BCUT2D eigenvalue weighted by Crippen LogP contribution is 2.29. The second-order valence-electron chi connectivity index (χ2n) is 8.10. The van der Waals surface area contributed by atoms with E-state index in [9.17, 15) is 4.79 Å². The largest absolute Gasteiger partial charge is 0.491 e. The van der Waals surface area contributed by atoms with Gasteiger partial charge in [0.2, 0.25) is 0 Å². The van der Waals surface area contributed by atoms with Gasteiger partial charge in [-0.15, -0.1) is 0 Å². The number of halogens is 1. The summed E-state index contributed by atoms with van der Waals surface area (Å²) in [5.41, 5.74) is 7.04. The van der Waals surface area contributed by atoms with Gasteiger partial charge >= 0.3 is 0 Å². The van der Waals surface area contributed by atoms with Crippen molar-refractivity contribution >= 4 is 34.1 Å². The van der Waals surface area contributed by atoms with Crippen molar-refractivity contribution in [3.63, 3.8) is 0 Å². The zero-order chi connectivity index (χ0) is 24.1. The molecule has 0 aliphatic rings. The minimum atomic E-state index is -0.322. The number of nitrogens with zero attached hydrogens (tertiary/aromatic N) is 2. The van der Waals surface area contributed by atoms with Crippen LogP contribution in [0.4, 0.5) is 0 Å². The number of aromatic nitrogens is 1. The van der Waals surface area contributed by atoms with Gasteiger partial charge in [-0.3, -0.25) is 4.79 Å². The van der Waals surface area contributed by atoms with E-state index >= 15 is 0 Å². The first kappa shape index (κ1) is 23.5. The van der Waals surface area contributed by atoms with Gasteiger partial charge in [0.1, 0.15) is 5.75 Å². The van der Waals surface area contributed by atoms with E-state index in [-0.39, 0.29) is 12.0 Å². The summed E-state index contributed by atoms with van der Waals surface area (Å²) < 4.78 is 5.71. The van der Waals surface area contributed by atoms with Crippen molar-refractivity contribution in [2.24, 2.45) is 5.10 Å². The third-order valence-corrected chi connectivity index (χ3v) is 5.60. The second-order valence-corrected chi connectivity index (χ2v) is 8.51. The van der Waals surface area contributed by atoms with E-state index in [1.54, 1.807) is 12.1 Å². The summed E-state index contributed by atoms with van der Waals surface area (Å²) in [6, 6.07) is 24.6. The highest BCUT2D eigenvalue weighted by atomic mass is 35.5. The quantitative estimate of drug-likeness (QED) is 0.236. The molecule has 1 heterocycles. The number of rotatable bonds is 7. The van der Waals surface area contributed by atoms with Crippen LogP contribution < -0.4 is 10.2 Å². The van der Waals surface area contributed by atoms with Crippen molar-refractivity contribution in [3.8, 4) is 17.0 Å². The molecule has 1 aromatic heterocycles. The number of hydrogen-bond acceptors (Lipinski definition) is 4. The molecule has 0 saturated carbocycles. The lowest BCUT2D eigenvalue weighted by molar-refractivity contribution is 0.0956. The molecule has 4 rings (SSSR count). The van der Waals surface area contributed by atoms with Crippen LogP contribution in [-0.2, 0) is 0 Å². The molecule has 5 nitrogen and oxygen atoms in total. The maximum atomic E-state index is 13.3. The number of amides is 1. The second kappa shape index (κ2) is 10.5. The molecular formula is C28H26ClN3O2. The average molecular weight is 472 g/mol. The SMILES string of the molecule is CCC(=NNC(=O)c1cc(-c2ccccc2)nc2c(Cl)cccc12)c1ccc(OC(C)C)cc1. The number of hydrazone groups is 1. The summed E-state index contributed by atoms with van der Waals surface area (Å²) in [7, 11) is 0. The third-order valence-electron chi connectivity index (χ3n) is 5.29. The lowest BCUT2D eigenvalue weighted by atomic mass is 10.0. The first-order valence-electron chi connectivity index (χ1n) is 11.2. The smallest absolute Gasteiger partial charge is 0.272 e. The van der Waals surface area contributed by atoms with Crippen LogP contribution in [-0.4, -0.2) is 22.7 Å². The predicted molar refractivity (Wildman–Crippen MR) is 139 cm³/mol. The van der Waals surface area contributed by atoms with Gasteiger partial charge in [0.25, 0.3) is 5.91 Å². The molecule has 34 heavy (non-hydrogen) atoms. The average Bonchev–Trinajstić information content (AvgIpc) is 2.85. The Morgan fingerprint density at radius 1 is 1.03 bits per heavy atom. The van der Waals surface area contributed by atoms with E-state index < -0.39 is 0 Å². The molecule has 0 aliphatic heterocycles. The van der Waals surface area contributed by atoms with Crippen LogP contribution in [0.2, 0.25) is 5.02 Å². The molecule has 6 heteroatoms. The van der Waals surface area contributed by atoms with Gasteiger partial charge in [-0.05, 0) is 62.2 Å². The van der Waals surface area contributed by atoms with Gasteiger partial charge in [0.05, 0.1) is 33.6 Å². The summed E-state index contributed by atoms with van der Waals surface area (Å²) in [6.07, 6.45) is 0.761. The maximum Gasteiger partial charge on any atom is 0.272 e. The first-order valence-corrected chi connectivity index (χ1v) is 11.6. The molecule has 0 unspecified atom stereocenters. The van der Waals surface area contributed by atoms with Gasteiger partial charge in [0, 0.05) is 10.9 Å². The molecular weight excluding hydrogens is 446 g/mol. The molecule has 0 saturated heterocycles. The number of carbonyl (C=O) groups excluding carboxylic acids is 1. The number of para-hydroxylation sites is 1. The Hall–Kier alpha value is -3.70. The fourth-order valence-electron chi connectivity index (χ4n) is 3.68. The van der Waals surface area contributed by atoms with Crippen LogP contribution in [0, 0.1) is 0 Å². The van der Waals surface area contributed by atoms with Gasteiger partial charge in [0.15, 0.2) is 0 Å². The number of nitrogens with one attached hydrogen (secondary N) is 1. The number of hydrogen-bond donors (Lipinski definition) is 1. The Kier molecular flexibility index (Phi) is 7.24. The van der Waals surface area contributed by atoms with Gasteiger partial charge < -0.3 is 4.74 Å². The van der Waals surface area contributed by atoms with Crippen molar-refractivity contribution in [2.75, 3.05) is 0 Å². The van der Waals surface area contributed by atoms with Crippen molar-refractivity contribution in [2.45, 2.75) is 33.3 Å². The van der Waals surface area contributed by atoms with Crippen LogP contribution in [0.25, 0.3) is 22.2 Å². The Morgan fingerprint density at radius 3 is 2.44 bits per heavy atom. The summed E-state index contributed by atoms with van der Waals surface area (Å²) in [5, 5.41) is 5.60. The molecule has 0 radical (unpaired) electrons. The summed E-state index contributed by atoms with van der Waals surface area (Å²) >= 11 is 6.44. The van der Waals surface area contributed by atoms with Gasteiger partial charge in [-0.1, -0.05) is 61.0 Å². The number of pyridine rings is 1. The van der Waals surface area contributed by atoms with E-state index in [1.165, 1.54) is 0 Å². The molecule has 0 aliphatic carbocycles. The Labute approximate surface area is 204 Å². The molecule has 0 fully saturated rings.